The van der Waals surface area contributed by atoms with Gasteiger partial charge in [-0.25, -0.2) is 27.4 Å². The number of fused-ring (bicyclic) bond motifs is 1. The van der Waals surface area contributed by atoms with Crippen LogP contribution in [0, 0.1) is 13.8 Å². The highest BCUT2D eigenvalue weighted by molar-refractivity contribution is 7.89. The lowest BCUT2D eigenvalue weighted by atomic mass is 10.2. The Bertz CT molecular complexity index is 1330. The van der Waals surface area contributed by atoms with E-state index in [1.165, 1.54) is 22.7 Å². The predicted molar refractivity (Wildman–Crippen MR) is 124 cm³/mol. The van der Waals surface area contributed by atoms with Crippen molar-refractivity contribution >= 4 is 33.5 Å². The highest BCUT2D eigenvalue weighted by Gasteiger charge is 2.19. The van der Waals surface area contributed by atoms with Crippen LogP contribution in [0.25, 0.3) is 5.78 Å². The molecule has 0 aliphatic carbocycles. The van der Waals surface area contributed by atoms with Crippen molar-refractivity contribution in [2.45, 2.75) is 45.1 Å². The zero-order chi connectivity index (χ0) is 25.1. The third-order valence-corrected chi connectivity index (χ3v) is 5.77. The molecule has 2 amide bonds. The minimum Gasteiger partial charge on any atom is -0.444 e. The number of rotatable bonds is 7. The molecule has 34 heavy (non-hydrogen) atoms. The molecule has 13 heteroatoms. The monoisotopic (exact) mass is 489 g/mol. The Kier molecular flexibility index (Phi) is 7.17. The Labute approximate surface area is 197 Å². The minimum atomic E-state index is -3.89. The van der Waals surface area contributed by atoms with Gasteiger partial charge < -0.3 is 15.4 Å². The van der Waals surface area contributed by atoms with Crippen molar-refractivity contribution < 1.29 is 22.7 Å². The first-order valence-electron chi connectivity index (χ1n) is 10.4. The first-order chi connectivity index (χ1) is 15.8. The number of carbonyl (C=O) groups is 2. The number of carbonyl (C=O) groups excluding carboxylic acids is 2. The van der Waals surface area contributed by atoms with Gasteiger partial charge in [0.05, 0.1) is 4.90 Å². The zero-order valence-corrected chi connectivity index (χ0v) is 20.4. The largest absolute Gasteiger partial charge is 0.444 e. The summed E-state index contributed by atoms with van der Waals surface area (Å²) in [6.45, 7) is 8.81. The van der Waals surface area contributed by atoms with Gasteiger partial charge in [0, 0.05) is 30.2 Å². The second kappa shape index (κ2) is 9.73. The summed E-state index contributed by atoms with van der Waals surface area (Å²) in [6, 6.07) is 7.55. The van der Waals surface area contributed by atoms with Gasteiger partial charge in [-0.2, -0.15) is 4.98 Å². The Morgan fingerprint density at radius 1 is 1.09 bits per heavy atom. The summed E-state index contributed by atoms with van der Waals surface area (Å²) in [5.41, 5.74) is 1.12. The molecule has 0 fully saturated rings. The number of anilines is 1. The number of amides is 2. The lowest BCUT2D eigenvalue weighted by Crippen LogP contribution is -2.37. The van der Waals surface area contributed by atoms with Gasteiger partial charge in [0.2, 0.25) is 15.8 Å². The van der Waals surface area contributed by atoms with Crippen molar-refractivity contribution in [3.8, 4) is 0 Å². The number of ether oxygens (including phenoxy) is 1. The first kappa shape index (κ1) is 25.1. The van der Waals surface area contributed by atoms with Crippen molar-refractivity contribution in [3.05, 3.63) is 47.5 Å². The van der Waals surface area contributed by atoms with Crippen LogP contribution in [-0.2, 0) is 14.8 Å². The minimum absolute atomic E-state index is 0.0387. The van der Waals surface area contributed by atoms with Crippen molar-refractivity contribution in [1.29, 1.82) is 0 Å². The van der Waals surface area contributed by atoms with Crippen LogP contribution < -0.4 is 15.4 Å². The van der Waals surface area contributed by atoms with Crippen LogP contribution in [0.2, 0.25) is 0 Å². The van der Waals surface area contributed by atoms with Crippen LogP contribution in [0.3, 0.4) is 0 Å². The fraction of sp³-hybridized carbons (Fsp3) is 0.381. The summed E-state index contributed by atoms with van der Waals surface area (Å²) < 4.78 is 34.1. The van der Waals surface area contributed by atoms with Crippen molar-refractivity contribution in [1.82, 2.24) is 29.6 Å². The molecule has 2 heterocycles. The van der Waals surface area contributed by atoms with Crippen LogP contribution in [0.4, 0.5) is 10.5 Å². The van der Waals surface area contributed by atoms with E-state index in [2.05, 4.69) is 30.4 Å². The second-order valence-corrected chi connectivity index (χ2v) is 10.3. The molecule has 1 aromatic carbocycles. The molecule has 0 spiro atoms. The molecular weight excluding hydrogens is 462 g/mol. The average molecular weight is 490 g/mol. The second-order valence-electron chi connectivity index (χ2n) is 8.49. The zero-order valence-electron chi connectivity index (χ0n) is 19.5. The molecule has 0 radical (unpaired) electrons. The molecule has 3 rings (SSSR count). The van der Waals surface area contributed by atoms with Crippen molar-refractivity contribution in [3.63, 3.8) is 0 Å². The highest BCUT2D eigenvalue weighted by atomic mass is 32.2. The Morgan fingerprint density at radius 3 is 2.53 bits per heavy atom. The highest BCUT2D eigenvalue weighted by Crippen LogP contribution is 2.16. The Hall–Kier alpha value is -3.58. The predicted octanol–water partition coefficient (Wildman–Crippen LogP) is 1.80. The number of aromatic nitrogens is 4. The maximum Gasteiger partial charge on any atom is 0.407 e. The molecule has 0 aliphatic heterocycles. The lowest BCUT2D eigenvalue weighted by Gasteiger charge is -2.19. The van der Waals surface area contributed by atoms with E-state index in [1.807, 2.05) is 19.9 Å². The number of hydrogen-bond acceptors (Lipinski definition) is 8. The Balaban J connectivity index is 1.63. The smallest absolute Gasteiger partial charge is 0.407 e. The third-order valence-electron chi connectivity index (χ3n) is 4.31. The molecule has 0 saturated heterocycles. The SMILES string of the molecule is Cc1cc(C)n2nc(C(=O)Nc3cccc(S(=O)(=O)NCCNC(=O)OC(C)(C)C)c3)nc2n1. The maximum atomic E-state index is 12.6. The molecule has 12 nitrogen and oxygen atoms in total. The van der Waals surface area contributed by atoms with Crippen molar-refractivity contribution in [2.75, 3.05) is 18.4 Å². The van der Waals surface area contributed by atoms with Crippen LogP contribution in [0.5, 0.6) is 0 Å². The van der Waals surface area contributed by atoms with Gasteiger partial charge in [-0.3, -0.25) is 4.79 Å². The summed E-state index contributed by atoms with van der Waals surface area (Å²) in [7, 11) is -3.89. The molecular formula is C21H27N7O5S. The molecule has 0 saturated carbocycles. The van der Waals surface area contributed by atoms with Crippen LogP contribution >= 0.6 is 0 Å². The quantitative estimate of drug-likeness (QED) is 0.424. The van der Waals surface area contributed by atoms with Crippen molar-refractivity contribution in [2.24, 2.45) is 0 Å². The third kappa shape index (κ3) is 6.48. The number of aryl methyl sites for hydroxylation is 2. The molecule has 3 N–H and O–H groups in total. The molecule has 0 aliphatic rings. The number of nitrogens with zero attached hydrogens (tertiary/aromatic N) is 4. The first-order valence-corrected chi connectivity index (χ1v) is 11.9. The summed E-state index contributed by atoms with van der Waals surface area (Å²) >= 11 is 0. The van der Waals surface area contributed by atoms with E-state index in [1.54, 1.807) is 26.8 Å². The normalized spacial score (nSPS) is 11.9. The number of benzene rings is 1. The van der Waals surface area contributed by atoms with E-state index in [0.29, 0.717) is 5.78 Å². The van der Waals surface area contributed by atoms with Gasteiger partial charge in [-0.1, -0.05) is 6.07 Å². The standard InChI is InChI=1S/C21H27N7O5S/c1-13-11-14(2)28-19(24-13)26-17(27-28)18(29)25-15-7-6-8-16(12-15)34(31,32)23-10-9-22-20(30)33-21(3,4)5/h6-8,11-12,23H,9-10H2,1-5H3,(H,22,30)(H,25,29). The van der Waals surface area contributed by atoms with Gasteiger partial charge in [0.25, 0.3) is 11.7 Å². The van der Waals surface area contributed by atoms with E-state index in [-0.39, 0.29) is 29.5 Å². The van der Waals surface area contributed by atoms with E-state index in [9.17, 15) is 18.0 Å². The molecule has 0 bridgehead atoms. The fourth-order valence-electron chi connectivity index (χ4n) is 2.94. The lowest BCUT2D eigenvalue weighted by molar-refractivity contribution is 0.0528. The maximum absolute atomic E-state index is 12.6. The molecule has 2 aromatic heterocycles. The summed E-state index contributed by atoms with van der Waals surface area (Å²) in [5, 5.41) is 9.23. The molecule has 0 atom stereocenters. The van der Waals surface area contributed by atoms with Gasteiger partial charge >= 0.3 is 6.09 Å². The van der Waals surface area contributed by atoms with Crippen LogP contribution in [0.1, 0.15) is 42.8 Å². The summed E-state index contributed by atoms with van der Waals surface area (Å²) in [4.78, 5) is 32.6. The van der Waals surface area contributed by atoms with Gasteiger partial charge in [0.1, 0.15) is 5.60 Å². The molecule has 0 unspecified atom stereocenters. The summed E-state index contributed by atoms with van der Waals surface area (Å²) in [6.07, 6.45) is -0.641. The number of nitrogens with one attached hydrogen (secondary N) is 3. The van der Waals surface area contributed by atoms with E-state index < -0.39 is 27.6 Å². The average Bonchev–Trinajstić information content (AvgIpc) is 3.15. The van der Waals surface area contributed by atoms with Crippen LogP contribution in [-0.4, -0.2) is 58.7 Å². The Morgan fingerprint density at radius 2 is 1.82 bits per heavy atom. The number of alkyl carbamates (subject to hydrolysis) is 1. The van der Waals surface area contributed by atoms with Gasteiger partial charge in [0.15, 0.2) is 0 Å². The number of sulfonamides is 1. The number of hydrogen-bond donors (Lipinski definition) is 3. The fourth-order valence-corrected chi connectivity index (χ4v) is 4.02. The van der Waals surface area contributed by atoms with Gasteiger partial charge in [-0.15, -0.1) is 5.10 Å². The van der Waals surface area contributed by atoms with Gasteiger partial charge in [-0.05, 0) is 58.9 Å². The van der Waals surface area contributed by atoms with E-state index in [0.717, 1.165) is 11.4 Å². The topological polar surface area (TPSA) is 157 Å². The summed E-state index contributed by atoms with van der Waals surface area (Å²) in [5.74, 6) is -0.407. The molecule has 3 aromatic rings. The van der Waals surface area contributed by atoms with E-state index in [4.69, 9.17) is 4.74 Å². The van der Waals surface area contributed by atoms with Crippen LogP contribution in [0.15, 0.2) is 35.2 Å². The van der Waals surface area contributed by atoms with E-state index >= 15 is 0 Å². The molecule has 182 valence electrons.